The van der Waals surface area contributed by atoms with Gasteiger partial charge < -0.3 is 14.4 Å². The van der Waals surface area contributed by atoms with Gasteiger partial charge in [0.2, 0.25) is 0 Å². The Balaban J connectivity index is 1.54. The summed E-state index contributed by atoms with van der Waals surface area (Å²) in [7, 11) is 3.24. The first kappa shape index (κ1) is 19.2. The molecule has 4 rings (SSSR count). The maximum Gasteiger partial charge on any atom is 0.166 e. The summed E-state index contributed by atoms with van der Waals surface area (Å²) in [5, 5.41) is 2.02. The van der Waals surface area contributed by atoms with Crippen LogP contribution < -0.4 is 14.4 Å². The van der Waals surface area contributed by atoms with Crippen LogP contribution in [0.2, 0.25) is 0 Å². The van der Waals surface area contributed by atoms with Crippen LogP contribution >= 0.6 is 0 Å². The summed E-state index contributed by atoms with van der Waals surface area (Å²) in [4.78, 5) is 19.5. The molecule has 1 fully saturated rings. The molecular formula is C23H23FN2O3. The molecule has 1 aliphatic heterocycles. The summed E-state index contributed by atoms with van der Waals surface area (Å²) in [6.45, 7) is 1.47. The normalized spacial score (nSPS) is 14.8. The second-order valence-electron chi connectivity index (χ2n) is 7.20. The number of aromatic nitrogens is 1. The number of anilines is 1. The molecule has 1 saturated heterocycles. The van der Waals surface area contributed by atoms with E-state index in [4.69, 9.17) is 9.47 Å². The third-order valence-electron chi connectivity index (χ3n) is 5.54. The van der Waals surface area contributed by atoms with Gasteiger partial charge in [0, 0.05) is 36.2 Å². The molecule has 1 aliphatic rings. The lowest BCUT2D eigenvalue weighted by Crippen LogP contribution is -2.37. The topological polar surface area (TPSA) is 51.7 Å². The number of methoxy groups -OCH3 is 2. The summed E-state index contributed by atoms with van der Waals surface area (Å²) < 4.78 is 24.0. The first-order valence-electron chi connectivity index (χ1n) is 9.66. The van der Waals surface area contributed by atoms with Crippen molar-refractivity contribution in [3.05, 3.63) is 60.0 Å². The number of ether oxygens (including phenoxy) is 2. The van der Waals surface area contributed by atoms with Crippen LogP contribution in [0.5, 0.6) is 11.5 Å². The Morgan fingerprint density at radius 3 is 2.34 bits per heavy atom. The number of piperidine rings is 1. The zero-order chi connectivity index (χ0) is 20.4. The standard InChI is InChI=1S/C23H23FN2O3/c1-28-20-13-17-7-10-25-23(19(17)14-21(20)29-2)26-11-8-16(9-12-26)22(27)15-3-5-18(24)6-4-15/h3-7,10,13-14,16H,8-9,11-12H2,1-2H3. The molecule has 0 unspecified atom stereocenters. The van der Waals surface area contributed by atoms with Crippen LogP contribution in [0.3, 0.4) is 0 Å². The zero-order valence-electron chi connectivity index (χ0n) is 16.5. The minimum atomic E-state index is -0.328. The zero-order valence-corrected chi connectivity index (χ0v) is 16.5. The van der Waals surface area contributed by atoms with Gasteiger partial charge >= 0.3 is 0 Å². The minimum absolute atomic E-state index is 0.0543. The second kappa shape index (κ2) is 8.07. The third-order valence-corrected chi connectivity index (χ3v) is 5.54. The summed E-state index contributed by atoms with van der Waals surface area (Å²) in [6, 6.07) is 11.7. The highest BCUT2D eigenvalue weighted by molar-refractivity contribution is 5.98. The highest BCUT2D eigenvalue weighted by atomic mass is 19.1. The Morgan fingerprint density at radius 1 is 1.03 bits per heavy atom. The maximum atomic E-state index is 13.1. The number of carbonyl (C=O) groups excluding carboxylic acids is 1. The van der Waals surface area contributed by atoms with Crippen molar-refractivity contribution in [3.8, 4) is 11.5 Å². The highest BCUT2D eigenvalue weighted by Crippen LogP contribution is 2.36. The number of hydrogen-bond acceptors (Lipinski definition) is 5. The van der Waals surface area contributed by atoms with E-state index in [2.05, 4.69) is 9.88 Å². The SMILES string of the molecule is COc1cc2ccnc(N3CCC(C(=O)c4ccc(F)cc4)CC3)c2cc1OC. The molecule has 0 N–H and O–H groups in total. The molecule has 2 heterocycles. The van der Waals surface area contributed by atoms with E-state index in [-0.39, 0.29) is 17.5 Å². The van der Waals surface area contributed by atoms with Crippen LogP contribution in [0.15, 0.2) is 48.7 Å². The number of fused-ring (bicyclic) bond motifs is 1. The maximum absolute atomic E-state index is 13.1. The van der Waals surface area contributed by atoms with Gasteiger partial charge in [-0.15, -0.1) is 0 Å². The molecule has 150 valence electrons. The number of hydrogen-bond donors (Lipinski definition) is 0. The average Bonchev–Trinajstić information content (AvgIpc) is 2.77. The van der Waals surface area contributed by atoms with Crippen LogP contribution in [0.1, 0.15) is 23.2 Å². The molecule has 0 spiro atoms. The van der Waals surface area contributed by atoms with Gasteiger partial charge in [0.1, 0.15) is 11.6 Å². The number of Topliss-reactive ketones (excluding diaryl/α,β-unsaturated/α-hetero) is 1. The molecule has 6 heteroatoms. The molecule has 2 aromatic carbocycles. The second-order valence-corrected chi connectivity index (χ2v) is 7.20. The molecular weight excluding hydrogens is 371 g/mol. The highest BCUT2D eigenvalue weighted by Gasteiger charge is 2.27. The molecule has 0 aliphatic carbocycles. The Morgan fingerprint density at radius 2 is 1.69 bits per heavy atom. The van der Waals surface area contributed by atoms with Crippen molar-refractivity contribution in [2.45, 2.75) is 12.8 Å². The lowest BCUT2D eigenvalue weighted by molar-refractivity contribution is 0.0900. The Hall–Kier alpha value is -3.15. The van der Waals surface area contributed by atoms with E-state index in [0.29, 0.717) is 17.1 Å². The lowest BCUT2D eigenvalue weighted by atomic mass is 9.88. The van der Waals surface area contributed by atoms with Gasteiger partial charge in [-0.1, -0.05) is 0 Å². The molecule has 0 atom stereocenters. The lowest BCUT2D eigenvalue weighted by Gasteiger charge is -2.33. The third kappa shape index (κ3) is 3.75. The van der Waals surface area contributed by atoms with Crippen molar-refractivity contribution < 1.29 is 18.7 Å². The summed E-state index contributed by atoms with van der Waals surface area (Å²) in [6.07, 6.45) is 3.27. The number of ketones is 1. The minimum Gasteiger partial charge on any atom is -0.493 e. The fourth-order valence-electron chi connectivity index (χ4n) is 3.94. The largest absolute Gasteiger partial charge is 0.493 e. The Kier molecular flexibility index (Phi) is 5.34. The van der Waals surface area contributed by atoms with Crippen LogP contribution in [0.4, 0.5) is 10.2 Å². The molecule has 1 aromatic heterocycles. The van der Waals surface area contributed by atoms with Gasteiger partial charge in [-0.25, -0.2) is 9.37 Å². The number of carbonyl (C=O) groups is 1. The van der Waals surface area contributed by atoms with Crippen molar-refractivity contribution in [3.63, 3.8) is 0 Å². The van der Waals surface area contributed by atoms with Gasteiger partial charge in [-0.05, 0) is 60.7 Å². The van der Waals surface area contributed by atoms with Gasteiger partial charge in [-0.2, -0.15) is 0 Å². The molecule has 0 radical (unpaired) electrons. The van der Waals surface area contributed by atoms with E-state index in [1.807, 2.05) is 18.2 Å². The number of pyridine rings is 1. The summed E-state index contributed by atoms with van der Waals surface area (Å²) in [5.41, 5.74) is 0.574. The van der Waals surface area contributed by atoms with Crippen molar-refractivity contribution in [1.82, 2.24) is 4.98 Å². The van der Waals surface area contributed by atoms with Crippen LogP contribution in [0.25, 0.3) is 10.8 Å². The van der Waals surface area contributed by atoms with E-state index < -0.39 is 0 Å². The Labute approximate surface area is 169 Å². The average molecular weight is 394 g/mol. The number of benzene rings is 2. The Bertz CT molecular complexity index is 1030. The molecule has 0 bridgehead atoms. The fourth-order valence-corrected chi connectivity index (χ4v) is 3.94. The van der Waals surface area contributed by atoms with E-state index >= 15 is 0 Å². The first-order valence-corrected chi connectivity index (χ1v) is 9.66. The number of nitrogens with zero attached hydrogens (tertiary/aromatic N) is 2. The van der Waals surface area contributed by atoms with Crippen molar-refractivity contribution in [2.24, 2.45) is 5.92 Å². The van der Waals surface area contributed by atoms with E-state index in [9.17, 15) is 9.18 Å². The monoisotopic (exact) mass is 394 g/mol. The van der Waals surface area contributed by atoms with Gasteiger partial charge in [0.15, 0.2) is 17.3 Å². The molecule has 0 saturated carbocycles. The van der Waals surface area contributed by atoms with Crippen LogP contribution in [0, 0.1) is 11.7 Å². The molecule has 29 heavy (non-hydrogen) atoms. The van der Waals surface area contributed by atoms with Crippen molar-refractivity contribution in [2.75, 3.05) is 32.2 Å². The fraction of sp³-hybridized carbons (Fsp3) is 0.304. The van der Waals surface area contributed by atoms with Crippen molar-refractivity contribution in [1.29, 1.82) is 0 Å². The predicted molar refractivity (Wildman–Crippen MR) is 111 cm³/mol. The van der Waals surface area contributed by atoms with Gasteiger partial charge in [-0.3, -0.25) is 4.79 Å². The van der Waals surface area contributed by atoms with Crippen molar-refractivity contribution >= 4 is 22.4 Å². The first-order chi connectivity index (χ1) is 14.1. The molecule has 0 amide bonds. The molecule has 3 aromatic rings. The quantitative estimate of drug-likeness (QED) is 0.597. The van der Waals surface area contributed by atoms with Crippen LogP contribution in [-0.2, 0) is 0 Å². The smallest absolute Gasteiger partial charge is 0.166 e. The summed E-state index contributed by atoms with van der Waals surface area (Å²) in [5.74, 6) is 1.93. The van der Waals surface area contributed by atoms with Gasteiger partial charge in [0.05, 0.1) is 14.2 Å². The van der Waals surface area contributed by atoms with E-state index in [1.54, 1.807) is 32.5 Å². The molecule has 5 nitrogen and oxygen atoms in total. The van der Waals surface area contributed by atoms with E-state index in [1.165, 1.54) is 12.1 Å². The van der Waals surface area contributed by atoms with Crippen LogP contribution in [-0.4, -0.2) is 38.1 Å². The van der Waals surface area contributed by atoms with E-state index in [0.717, 1.165) is 42.5 Å². The predicted octanol–water partition coefficient (Wildman–Crippen LogP) is 4.49. The number of halogens is 1. The number of rotatable bonds is 5. The summed E-state index contributed by atoms with van der Waals surface area (Å²) >= 11 is 0. The van der Waals surface area contributed by atoms with Gasteiger partial charge in [0.25, 0.3) is 0 Å².